The quantitative estimate of drug-likeness (QED) is 0.864. The predicted octanol–water partition coefficient (Wildman–Crippen LogP) is 2.67. The van der Waals surface area contributed by atoms with Gasteiger partial charge in [0.25, 0.3) is 0 Å². The van der Waals surface area contributed by atoms with Gasteiger partial charge in [-0.05, 0) is 33.8 Å². The van der Waals surface area contributed by atoms with Gasteiger partial charge in [-0.25, -0.2) is 0 Å². The molecule has 112 valence electrons. The molecule has 1 aromatic carbocycles. The number of nitrogens with zero attached hydrogens (tertiary/aromatic N) is 1. The minimum atomic E-state index is -0.136. The van der Waals surface area contributed by atoms with E-state index in [-0.39, 0.29) is 11.2 Å². The molecule has 0 spiro atoms. The minimum Gasteiger partial charge on any atom is -0.496 e. The molecule has 0 aromatic heterocycles. The number of rotatable bonds is 3. The van der Waals surface area contributed by atoms with Gasteiger partial charge >= 0.3 is 0 Å². The Labute approximate surface area is 121 Å². The van der Waals surface area contributed by atoms with Crippen molar-refractivity contribution < 1.29 is 9.47 Å². The average Bonchev–Trinajstić information content (AvgIpc) is 2.27. The van der Waals surface area contributed by atoms with Crippen molar-refractivity contribution in [2.24, 2.45) is 0 Å². The Morgan fingerprint density at radius 3 is 2.35 bits per heavy atom. The number of methoxy groups -OCH3 is 1. The number of morpholine rings is 1. The maximum Gasteiger partial charge on any atom is 0.125 e. The first kappa shape index (κ1) is 15.1. The molecule has 2 rings (SSSR count). The van der Waals surface area contributed by atoms with Gasteiger partial charge < -0.3 is 15.2 Å². The molecule has 1 saturated heterocycles. The topological polar surface area (TPSA) is 47.7 Å². The highest BCUT2D eigenvalue weighted by molar-refractivity contribution is 5.48. The standard InChI is InChI=1S/C16H26N2O2/c1-15(2)10-18(11-16(3,4)20-15)9-12-6-7-13(17)8-14(12)19-5/h6-8H,9-11,17H2,1-5H3. The minimum absolute atomic E-state index is 0.136. The van der Waals surface area contributed by atoms with E-state index in [1.807, 2.05) is 18.2 Å². The summed E-state index contributed by atoms with van der Waals surface area (Å²) in [5.74, 6) is 0.854. The summed E-state index contributed by atoms with van der Waals surface area (Å²) in [5.41, 5.74) is 7.43. The number of nitrogens with two attached hydrogens (primary N) is 1. The Morgan fingerprint density at radius 1 is 1.20 bits per heavy atom. The highest BCUT2D eigenvalue weighted by atomic mass is 16.5. The van der Waals surface area contributed by atoms with Gasteiger partial charge in [0.2, 0.25) is 0 Å². The van der Waals surface area contributed by atoms with Gasteiger partial charge in [0.05, 0.1) is 18.3 Å². The van der Waals surface area contributed by atoms with Crippen molar-refractivity contribution in [2.75, 3.05) is 25.9 Å². The van der Waals surface area contributed by atoms with Crippen LogP contribution in [0.4, 0.5) is 5.69 Å². The van der Waals surface area contributed by atoms with Gasteiger partial charge in [-0.15, -0.1) is 0 Å². The molecule has 0 bridgehead atoms. The van der Waals surface area contributed by atoms with E-state index in [0.717, 1.165) is 36.6 Å². The van der Waals surface area contributed by atoms with Gasteiger partial charge in [0.15, 0.2) is 0 Å². The lowest BCUT2D eigenvalue weighted by atomic mass is 9.98. The number of hydrogen-bond acceptors (Lipinski definition) is 4. The van der Waals surface area contributed by atoms with Crippen LogP contribution < -0.4 is 10.5 Å². The smallest absolute Gasteiger partial charge is 0.125 e. The van der Waals surface area contributed by atoms with E-state index in [1.54, 1.807) is 7.11 Å². The molecule has 20 heavy (non-hydrogen) atoms. The lowest BCUT2D eigenvalue weighted by Gasteiger charge is -2.47. The molecule has 0 amide bonds. The van der Waals surface area contributed by atoms with Gasteiger partial charge in [-0.3, -0.25) is 4.90 Å². The van der Waals surface area contributed by atoms with Crippen molar-refractivity contribution in [1.82, 2.24) is 4.90 Å². The summed E-state index contributed by atoms with van der Waals surface area (Å²) in [7, 11) is 1.69. The van der Waals surface area contributed by atoms with Crippen molar-refractivity contribution in [1.29, 1.82) is 0 Å². The second kappa shape index (κ2) is 5.26. The summed E-state index contributed by atoms with van der Waals surface area (Å²) in [6.07, 6.45) is 0. The van der Waals surface area contributed by atoms with Crippen LogP contribution in [0.1, 0.15) is 33.3 Å². The van der Waals surface area contributed by atoms with E-state index in [2.05, 4.69) is 32.6 Å². The van der Waals surface area contributed by atoms with Crippen molar-refractivity contribution in [3.05, 3.63) is 23.8 Å². The molecule has 0 radical (unpaired) electrons. The highest BCUT2D eigenvalue weighted by Crippen LogP contribution is 2.30. The van der Waals surface area contributed by atoms with E-state index in [9.17, 15) is 0 Å². The largest absolute Gasteiger partial charge is 0.496 e. The van der Waals surface area contributed by atoms with Crippen molar-refractivity contribution in [3.63, 3.8) is 0 Å². The fourth-order valence-electron chi connectivity index (χ4n) is 3.19. The van der Waals surface area contributed by atoms with Gasteiger partial charge in [0.1, 0.15) is 5.75 Å². The SMILES string of the molecule is COc1cc(N)ccc1CN1CC(C)(C)OC(C)(C)C1. The second-order valence-corrected chi connectivity index (χ2v) is 6.84. The summed E-state index contributed by atoms with van der Waals surface area (Å²) >= 11 is 0. The Kier molecular flexibility index (Phi) is 3.98. The first-order valence-corrected chi connectivity index (χ1v) is 7.06. The lowest BCUT2D eigenvalue weighted by Crippen LogP contribution is -2.56. The molecule has 0 unspecified atom stereocenters. The third kappa shape index (κ3) is 3.64. The average molecular weight is 278 g/mol. The molecular weight excluding hydrogens is 252 g/mol. The Bertz CT molecular complexity index is 467. The molecule has 2 N–H and O–H groups in total. The number of ether oxygens (including phenoxy) is 2. The molecule has 0 saturated carbocycles. The maximum absolute atomic E-state index is 6.11. The molecule has 4 heteroatoms. The number of hydrogen-bond donors (Lipinski definition) is 1. The van der Waals surface area contributed by atoms with E-state index < -0.39 is 0 Å². The van der Waals surface area contributed by atoms with Crippen LogP contribution >= 0.6 is 0 Å². The molecule has 4 nitrogen and oxygen atoms in total. The Hall–Kier alpha value is -1.26. The predicted molar refractivity (Wildman–Crippen MR) is 81.9 cm³/mol. The normalized spacial score (nSPS) is 21.6. The fraction of sp³-hybridized carbons (Fsp3) is 0.625. The summed E-state index contributed by atoms with van der Waals surface area (Å²) in [4.78, 5) is 2.41. The summed E-state index contributed by atoms with van der Waals surface area (Å²) in [6.45, 7) is 11.2. The molecular formula is C16H26N2O2. The lowest BCUT2D eigenvalue weighted by molar-refractivity contribution is -0.182. The highest BCUT2D eigenvalue weighted by Gasteiger charge is 2.38. The first-order chi connectivity index (χ1) is 9.21. The van der Waals surface area contributed by atoms with Crippen LogP contribution in [-0.2, 0) is 11.3 Å². The third-order valence-electron chi connectivity index (χ3n) is 3.47. The van der Waals surface area contributed by atoms with Crippen LogP contribution in [-0.4, -0.2) is 36.3 Å². The maximum atomic E-state index is 6.11. The van der Waals surface area contributed by atoms with Crippen LogP contribution in [0.15, 0.2) is 18.2 Å². The molecule has 0 aliphatic carbocycles. The summed E-state index contributed by atoms with van der Waals surface area (Å²) in [6, 6.07) is 5.85. The van der Waals surface area contributed by atoms with Crippen molar-refractivity contribution in [2.45, 2.75) is 45.4 Å². The monoisotopic (exact) mass is 278 g/mol. The molecule has 1 aromatic rings. The van der Waals surface area contributed by atoms with E-state index in [1.165, 1.54) is 0 Å². The van der Waals surface area contributed by atoms with E-state index >= 15 is 0 Å². The van der Waals surface area contributed by atoms with Crippen LogP contribution in [0.3, 0.4) is 0 Å². The number of benzene rings is 1. The zero-order valence-corrected chi connectivity index (χ0v) is 13.2. The van der Waals surface area contributed by atoms with Crippen LogP contribution in [0.5, 0.6) is 5.75 Å². The summed E-state index contributed by atoms with van der Waals surface area (Å²) in [5, 5.41) is 0. The summed E-state index contributed by atoms with van der Waals surface area (Å²) < 4.78 is 11.5. The molecule has 1 aliphatic heterocycles. The molecule has 1 aliphatic rings. The van der Waals surface area contributed by atoms with Crippen molar-refractivity contribution >= 4 is 5.69 Å². The molecule has 1 heterocycles. The second-order valence-electron chi connectivity index (χ2n) is 6.84. The van der Waals surface area contributed by atoms with Crippen LogP contribution in [0, 0.1) is 0 Å². The zero-order chi connectivity index (χ0) is 15.0. The number of anilines is 1. The molecule has 0 atom stereocenters. The van der Waals surface area contributed by atoms with Crippen LogP contribution in [0.2, 0.25) is 0 Å². The molecule has 1 fully saturated rings. The van der Waals surface area contributed by atoms with Crippen molar-refractivity contribution in [3.8, 4) is 5.75 Å². The van der Waals surface area contributed by atoms with Gasteiger partial charge in [0, 0.05) is 37.0 Å². The van der Waals surface area contributed by atoms with E-state index in [4.69, 9.17) is 15.2 Å². The van der Waals surface area contributed by atoms with Crippen LogP contribution in [0.25, 0.3) is 0 Å². The fourth-order valence-corrected chi connectivity index (χ4v) is 3.19. The third-order valence-corrected chi connectivity index (χ3v) is 3.47. The Balaban J connectivity index is 2.17. The number of nitrogen functional groups attached to an aromatic ring is 1. The van der Waals surface area contributed by atoms with E-state index in [0.29, 0.717) is 0 Å². The Morgan fingerprint density at radius 2 is 1.80 bits per heavy atom. The van der Waals surface area contributed by atoms with Gasteiger partial charge in [-0.1, -0.05) is 6.07 Å². The van der Waals surface area contributed by atoms with Gasteiger partial charge in [-0.2, -0.15) is 0 Å². The zero-order valence-electron chi connectivity index (χ0n) is 13.2. The first-order valence-electron chi connectivity index (χ1n) is 7.06.